The van der Waals surface area contributed by atoms with Gasteiger partial charge in [-0.2, -0.15) is 0 Å². The summed E-state index contributed by atoms with van der Waals surface area (Å²) in [5.74, 6) is 0. The number of rotatable bonds is 0. The number of halogens is 1. The van der Waals surface area contributed by atoms with E-state index in [1.807, 2.05) is 6.07 Å². The number of nitrogens with zero attached hydrogens (tertiary/aromatic N) is 1. The second-order valence-corrected chi connectivity index (χ2v) is 3.49. The molecular weight excluding hydrogens is 172 g/mol. The van der Waals surface area contributed by atoms with Gasteiger partial charge in [-0.1, -0.05) is 11.6 Å². The van der Waals surface area contributed by atoms with E-state index < -0.39 is 0 Å². The Kier molecular flexibility index (Phi) is 2.03. The van der Waals surface area contributed by atoms with Crippen LogP contribution < -0.4 is 5.32 Å². The van der Waals surface area contributed by atoms with Crippen molar-refractivity contribution in [2.45, 2.75) is 19.4 Å². The standard InChI is InChI=1S/C9H11ClN2/c1-6-9-7(2-4-11-6)8(10)3-5-12-9/h3,5-6,11H,2,4H2,1H3. The van der Waals surface area contributed by atoms with Crippen molar-refractivity contribution in [3.8, 4) is 0 Å². The molecule has 2 nitrogen and oxygen atoms in total. The minimum Gasteiger partial charge on any atom is -0.309 e. The summed E-state index contributed by atoms with van der Waals surface area (Å²) in [6.45, 7) is 3.11. The van der Waals surface area contributed by atoms with Crippen molar-refractivity contribution >= 4 is 11.6 Å². The van der Waals surface area contributed by atoms with Crippen LogP contribution >= 0.6 is 11.6 Å². The molecule has 1 unspecified atom stereocenters. The van der Waals surface area contributed by atoms with Crippen molar-refractivity contribution in [1.82, 2.24) is 10.3 Å². The first kappa shape index (κ1) is 8.02. The second-order valence-electron chi connectivity index (χ2n) is 3.08. The van der Waals surface area contributed by atoms with Crippen molar-refractivity contribution < 1.29 is 0 Å². The molecule has 1 aromatic rings. The summed E-state index contributed by atoms with van der Waals surface area (Å²) in [4.78, 5) is 4.31. The third-order valence-corrected chi connectivity index (χ3v) is 2.62. The molecule has 64 valence electrons. The highest BCUT2D eigenvalue weighted by Crippen LogP contribution is 2.25. The van der Waals surface area contributed by atoms with Gasteiger partial charge in [-0.25, -0.2) is 0 Å². The highest BCUT2D eigenvalue weighted by atomic mass is 35.5. The Morgan fingerprint density at radius 2 is 2.50 bits per heavy atom. The molecule has 0 saturated carbocycles. The van der Waals surface area contributed by atoms with Gasteiger partial charge in [0.1, 0.15) is 0 Å². The first-order chi connectivity index (χ1) is 5.79. The molecule has 0 amide bonds. The van der Waals surface area contributed by atoms with Gasteiger partial charge in [-0.3, -0.25) is 4.98 Å². The first-order valence-corrected chi connectivity index (χ1v) is 4.53. The van der Waals surface area contributed by atoms with E-state index in [0.29, 0.717) is 6.04 Å². The Morgan fingerprint density at radius 3 is 3.25 bits per heavy atom. The molecule has 1 atom stereocenters. The molecular formula is C9H11ClN2. The monoisotopic (exact) mass is 182 g/mol. The molecule has 12 heavy (non-hydrogen) atoms. The maximum absolute atomic E-state index is 6.04. The number of pyridine rings is 1. The Morgan fingerprint density at radius 1 is 1.67 bits per heavy atom. The van der Waals surface area contributed by atoms with Crippen molar-refractivity contribution in [2.24, 2.45) is 0 Å². The average molecular weight is 183 g/mol. The quantitative estimate of drug-likeness (QED) is 0.664. The number of aromatic nitrogens is 1. The summed E-state index contributed by atoms with van der Waals surface area (Å²) >= 11 is 6.04. The molecule has 0 radical (unpaired) electrons. The number of hydrogen-bond acceptors (Lipinski definition) is 2. The molecule has 2 heterocycles. The predicted molar refractivity (Wildman–Crippen MR) is 49.4 cm³/mol. The molecule has 0 aromatic carbocycles. The van der Waals surface area contributed by atoms with Crippen molar-refractivity contribution in [2.75, 3.05) is 6.54 Å². The van der Waals surface area contributed by atoms with Gasteiger partial charge in [0.05, 0.1) is 5.69 Å². The van der Waals surface area contributed by atoms with Crippen LogP contribution in [0.15, 0.2) is 12.3 Å². The van der Waals surface area contributed by atoms with Crippen LogP contribution in [-0.4, -0.2) is 11.5 Å². The third-order valence-electron chi connectivity index (χ3n) is 2.27. The molecule has 0 bridgehead atoms. The van der Waals surface area contributed by atoms with Gasteiger partial charge >= 0.3 is 0 Å². The van der Waals surface area contributed by atoms with Crippen molar-refractivity contribution in [3.05, 3.63) is 28.5 Å². The van der Waals surface area contributed by atoms with E-state index >= 15 is 0 Å². The molecule has 0 saturated heterocycles. The normalized spacial score (nSPS) is 22.0. The summed E-state index contributed by atoms with van der Waals surface area (Å²) in [6.07, 6.45) is 2.76. The fourth-order valence-electron chi connectivity index (χ4n) is 1.61. The van der Waals surface area contributed by atoms with Crippen LogP contribution in [0.4, 0.5) is 0 Å². The molecule has 1 aliphatic heterocycles. The van der Waals surface area contributed by atoms with E-state index in [-0.39, 0.29) is 0 Å². The second kappa shape index (κ2) is 3.04. The van der Waals surface area contributed by atoms with Gasteiger partial charge in [0.15, 0.2) is 0 Å². The topological polar surface area (TPSA) is 24.9 Å². The lowest BCUT2D eigenvalue weighted by Gasteiger charge is -2.23. The minimum absolute atomic E-state index is 0.340. The van der Waals surface area contributed by atoms with Crippen molar-refractivity contribution in [3.63, 3.8) is 0 Å². The Bertz CT molecular complexity index is 299. The largest absolute Gasteiger partial charge is 0.309 e. The van der Waals surface area contributed by atoms with E-state index in [1.165, 1.54) is 5.56 Å². The SMILES string of the molecule is CC1NCCc2c(Cl)ccnc21. The smallest absolute Gasteiger partial charge is 0.0617 e. The van der Waals surface area contributed by atoms with E-state index in [9.17, 15) is 0 Å². The summed E-state index contributed by atoms with van der Waals surface area (Å²) in [5, 5.41) is 4.20. The zero-order valence-corrected chi connectivity index (χ0v) is 7.73. The number of nitrogens with one attached hydrogen (secondary N) is 1. The fourth-order valence-corrected chi connectivity index (χ4v) is 1.86. The summed E-state index contributed by atoms with van der Waals surface area (Å²) in [5.41, 5.74) is 2.32. The van der Waals surface area contributed by atoms with Crippen LogP contribution in [0.2, 0.25) is 5.02 Å². The Balaban J connectivity index is 2.52. The van der Waals surface area contributed by atoms with E-state index in [4.69, 9.17) is 11.6 Å². The lowest BCUT2D eigenvalue weighted by molar-refractivity contribution is 0.526. The van der Waals surface area contributed by atoms with Crippen LogP contribution in [-0.2, 0) is 6.42 Å². The summed E-state index contributed by atoms with van der Waals surface area (Å²) < 4.78 is 0. The van der Waals surface area contributed by atoms with Crippen molar-refractivity contribution in [1.29, 1.82) is 0 Å². The molecule has 1 aliphatic rings. The molecule has 2 rings (SSSR count). The maximum Gasteiger partial charge on any atom is 0.0617 e. The highest BCUT2D eigenvalue weighted by molar-refractivity contribution is 6.31. The third kappa shape index (κ3) is 1.21. The maximum atomic E-state index is 6.04. The minimum atomic E-state index is 0.340. The van der Waals surface area contributed by atoms with E-state index in [2.05, 4.69) is 17.2 Å². The van der Waals surface area contributed by atoms with Gasteiger partial charge in [-0.05, 0) is 31.5 Å². The Labute approximate surface area is 77.0 Å². The molecule has 1 aromatic heterocycles. The molecule has 3 heteroatoms. The molecule has 1 N–H and O–H groups in total. The molecule has 0 aliphatic carbocycles. The van der Waals surface area contributed by atoms with Gasteiger partial charge in [0, 0.05) is 17.3 Å². The van der Waals surface area contributed by atoms with Gasteiger partial charge < -0.3 is 5.32 Å². The van der Waals surface area contributed by atoms with E-state index in [0.717, 1.165) is 23.7 Å². The average Bonchev–Trinajstić information content (AvgIpc) is 2.07. The number of hydrogen-bond donors (Lipinski definition) is 1. The Hall–Kier alpha value is -0.600. The highest BCUT2D eigenvalue weighted by Gasteiger charge is 2.18. The zero-order valence-electron chi connectivity index (χ0n) is 6.97. The van der Waals surface area contributed by atoms with Gasteiger partial charge in [0.25, 0.3) is 0 Å². The lowest BCUT2D eigenvalue weighted by atomic mass is 10.0. The van der Waals surface area contributed by atoms with Crippen LogP contribution in [0.25, 0.3) is 0 Å². The summed E-state index contributed by atoms with van der Waals surface area (Å²) in [7, 11) is 0. The van der Waals surface area contributed by atoms with Gasteiger partial charge in [-0.15, -0.1) is 0 Å². The lowest BCUT2D eigenvalue weighted by Crippen LogP contribution is -2.28. The predicted octanol–water partition coefficient (Wildman–Crippen LogP) is 1.94. The molecule has 0 spiro atoms. The fraction of sp³-hybridized carbons (Fsp3) is 0.444. The van der Waals surface area contributed by atoms with Crippen LogP contribution in [0.5, 0.6) is 0 Å². The van der Waals surface area contributed by atoms with Gasteiger partial charge in [0.2, 0.25) is 0 Å². The van der Waals surface area contributed by atoms with Crippen LogP contribution in [0.3, 0.4) is 0 Å². The zero-order chi connectivity index (χ0) is 8.55. The van der Waals surface area contributed by atoms with Crippen LogP contribution in [0.1, 0.15) is 24.2 Å². The molecule has 0 fully saturated rings. The summed E-state index contributed by atoms with van der Waals surface area (Å²) in [6, 6.07) is 2.20. The van der Waals surface area contributed by atoms with E-state index in [1.54, 1.807) is 6.20 Å². The number of fused-ring (bicyclic) bond motifs is 1. The first-order valence-electron chi connectivity index (χ1n) is 4.15. The van der Waals surface area contributed by atoms with Crippen LogP contribution in [0, 0.1) is 0 Å².